The Kier molecular flexibility index (Phi) is 7.82. The molecular formula is C26H28O15. The highest BCUT2D eigenvalue weighted by atomic mass is 16.7. The van der Waals surface area contributed by atoms with Crippen LogP contribution in [0.1, 0.15) is 11.7 Å². The van der Waals surface area contributed by atoms with Crippen LogP contribution in [0, 0.1) is 0 Å². The van der Waals surface area contributed by atoms with Gasteiger partial charge in [-0.15, -0.1) is 0 Å². The zero-order valence-electron chi connectivity index (χ0n) is 21.0. The van der Waals surface area contributed by atoms with Crippen molar-refractivity contribution in [2.45, 2.75) is 55.1 Å². The van der Waals surface area contributed by atoms with Crippen molar-refractivity contribution in [1.29, 1.82) is 0 Å². The molecule has 2 aliphatic heterocycles. The highest BCUT2D eigenvalue weighted by Crippen LogP contribution is 2.45. The van der Waals surface area contributed by atoms with Crippen molar-refractivity contribution in [3.05, 3.63) is 46.1 Å². The first kappa shape index (κ1) is 29.0. The van der Waals surface area contributed by atoms with E-state index in [-0.39, 0.29) is 16.9 Å². The number of phenols is 4. The molecule has 0 saturated carbocycles. The number of rotatable bonds is 5. The summed E-state index contributed by atoms with van der Waals surface area (Å²) in [6.07, 6.45) is -15.1. The monoisotopic (exact) mass is 580 g/mol. The van der Waals surface area contributed by atoms with Gasteiger partial charge in [0.15, 0.2) is 28.8 Å². The molecule has 0 spiro atoms. The Hall–Kier alpha value is -3.51. The summed E-state index contributed by atoms with van der Waals surface area (Å²) in [4.78, 5) is 13.1. The number of aliphatic hydroxyl groups is 6. The third kappa shape index (κ3) is 5.07. The molecular weight excluding hydrogens is 552 g/mol. The highest BCUT2D eigenvalue weighted by Gasteiger charge is 2.50. The van der Waals surface area contributed by atoms with Gasteiger partial charge < -0.3 is 69.7 Å². The fraction of sp³-hybridized carbons (Fsp3) is 0.423. The molecule has 1 aromatic heterocycles. The zero-order chi connectivity index (χ0) is 29.7. The van der Waals surface area contributed by atoms with Crippen molar-refractivity contribution in [2.75, 3.05) is 13.2 Å². The summed E-state index contributed by atoms with van der Waals surface area (Å²) in [5, 5.41) is 102. The molecule has 0 aliphatic carbocycles. The molecule has 41 heavy (non-hydrogen) atoms. The Bertz CT molecular complexity index is 1490. The van der Waals surface area contributed by atoms with E-state index in [1.807, 2.05) is 0 Å². The lowest BCUT2D eigenvalue weighted by atomic mass is 9.89. The Morgan fingerprint density at radius 2 is 1.56 bits per heavy atom. The molecule has 0 bridgehead atoms. The van der Waals surface area contributed by atoms with Gasteiger partial charge >= 0.3 is 0 Å². The molecule has 10 N–H and O–H groups in total. The first-order valence-electron chi connectivity index (χ1n) is 12.4. The Morgan fingerprint density at radius 1 is 0.829 bits per heavy atom. The molecule has 3 aromatic rings. The Balaban J connectivity index is 1.67. The second-order valence-corrected chi connectivity index (χ2v) is 9.82. The van der Waals surface area contributed by atoms with E-state index in [1.165, 1.54) is 6.07 Å². The van der Waals surface area contributed by atoms with E-state index >= 15 is 0 Å². The van der Waals surface area contributed by atoms with Crippen molar-refractivity contribution in [3.8, 4) is 34.3 Å². The van der Waals surface area contributed by atoms with Gasteiger partial charge in [-0.1, -0.05) is 0 Å². The highest BCUT2D eigenvalue weighted by molar-refractivity contribution is 5.89. The molecule has 2 fully saturated rings. The van der Waals surface area contributed by atoms with Crippen molar-refractivity contribution >= 4 is 11.0 Å². The molecule has 5 rings (SSSR count). The van der Waals surface area contributed by atoms with Gasteiger partial charge in [-0.3, -0.25) is 4.79 Å². The summed E-state index contributed by atoms with van der Waals surface area (Å²) in [5.41, 5.74) is -1.53. The average molecular weight is 580 g/mol. The fourth-order valence-corrected chi connectivity index (χ4v) is 4.94. The van der Waals surface area contributed by atoms with Crippen LogP contribution in [0.25, 0.3) is 22.3 Å². The minimum atomic E-state index is -1.88. The molecule has 9 atom stereocenters. The van der Waals surface area contributed by atoms with Crippen LogP contribution in [0.5, 0.6) is 23.0 Å². The minimum absolute atomic E-state index is 0.111. The van der Waals surface area contributed by atoms with Crippen LogP contribution < -0.4 is 5.43 Å². The molecule has 222 valence electrons. The van der Waals surface area contributed by atoms with Gasteiger partial charge in [-0.2, -0.15) is 0 Å². The number of aliphatic hydroxyl groups excluding tert-OH is 6. The van der Waals surface area contributed by atoms with Crippen molar-refractivity contribution < 1.29 is 69.7 Å². The second kappa shape index (κ2) is 11.1. The van der Waals surface area contributed by atoms with Crippen LogP contribution in [-0.4, -0.2) is 113 Å². The largest absolute Gasteiger partial charge is 0.507 e. The fourth-order valence-electron chi connectivity index (χ4n) is 4.94. The maximum absolute atomic E-state index is 13.1. The van der Waals surface area contributed by atoms with E-state index in [4.69, 9.17) is 18.6 Å². The van der Waals surface area contributed by atoms with E-state index in [1.54, 1.807) is 0 Å². The predicted octanol–water partition coefficient (Wildman–Crippen LogP) is -1.74. The zero-order valence-corrected chi connectivity index (χ0v) is 21.0. The average Bonchev–Trinajstić information content (AvgIpc) is 2.93. The van der Waals surface area contributed by atoms with Crippen LogP contribution in [0.4, 0.5) is 0 Å². The van der Waals surface area contributed by atoms with Crippen molar-refractivity contribution in [1.82, 2.24) is 0 Å². The topological polar surface area (TPSA) is 260 Å². The molecule has 2 aliphatic rings. The number of fused-ring (bicyclic) bond motifs is 1. The normalized spacial score (nSPS) is 32.3. The van der Waals surface area contributed by atoms with Gasteiger partial charge in [0.05, 0.1) is 18.8 Å². The minimum Gasteiger partial charge on any atom is -0.507 e. The van der Waals surface area contributed by atoms with Crippen LogP contribution in [0.3, 0.4) is 0 Å². The smallest absolute Gasteiger partial charge is 0.197 e. The number of phenolic OH excluding ortho intramolecular Hbond substituents is 4. The summed E-state index contributed by atoms with van der Waals surface area (Å²) in [6, 6.07) is 5.33. The predicted molar refractivity (Wildman–Crippen MR) is 134 cm³/mol. The Morgan fingerprint density at radius 3 is 2.24 bits per heavy atom. The molecule has 2 saturated heterocycles. The van der Waals surface area contributed by atoms with E-state index in [0.717, 1.165) is 24.3 Å². The molecule has 15 heteroatoms. The van der Waals surface area contributed by atoms with Gasteiger partial charge in [-0.05, 0) is 18.2 Å². The number of hydrogen-bond acceptors (Lipinski definition) is 15. The lowest BCUT2D eigenvalue weighted by molar-refractivity contribution is -0.325. The molecule has 0 amide bonds. The molecule has 0 radical (unpaired) electrons. The number of ether oxygens (including phenoxy) is 3. The summed E-state index contributed by atoms with van der Waals surface area (Å²) >= 11 is 0. The first-order valence-corrected chi connectivity index (χ1v) is 12.4. The number of aromatic hydroxyl groups is 4. The maximum Gasteiger partial charge on any atom is 0.197 e. The van der Waals surface area contributed by atoms with Gasteiger partial charge in [0.25, 0.3) is 0 Å². The third-order valence-corrected chi connectivity index (χ3v) is 7.15. The quantitative estimate of drug-likeness (QED) is 0.150. The van der Waals surface area contributed by atoms with Crippen LogP contribution in [0.2, 0.25) is 0 Å². The Labute approximate surface area is 229 Å². The molecule has 0 unspecified atom stereocenters. The summed E-state index contributed by atoms with van der Waals surface area (Å²) in [5.74, 6) is -2.57. The van der Waals surface area contributed by atoms with E-state index < -0.39 is 108 Å². The molecule has 3 heterocycles. The van der Waals surface area contributed by atoms with E-state index in [9.17, 15) is 55.9 Å². The van der Waals surface area contributed by atoms with Gasteiger partial charge in [0.1, 0.15) is 71.5 Å². The van der Waals surface area contributed by atoms with Gasteiger partial charge in [0.2, 0.25) is 0 Å². The van der Waals surface area contributed by atoms with Gasteiger partial charge in [-0.25, -0.2) is 0 Å². The second-order valence-electron chi connectivity index (χ2n) is 9.82. The summed E-state index contributed by atoms with van der Waals surface area (Å²) < 4.78 is 22.6. The number of hydrogen-bond donors (Lipinski definition) is 10. The molecule has 15 nitrogen and oxygen atoms in total. The molecule has 2 aromatic carbocycles. The van der Waals surface area contributed by atoms with Crippen LogP contribution >= 0.6 is 0 Å². The summed E-state index contributed by atoms with van der Waals surface area (Å²) in [6.45, 7) is -1.28. The van der Waals surface area contributed by atoms with Gasteiger partial charge in [0, 0.05) is 17.7 Å². The summed E-state index contributed by atoms with van der Waals surface area (Å²) in [7, 11) is 0. The lowest BCUT2D eigenvalue weighted by Crippen LogP contribution is -2.60. The number of benzene rings is 2. The van der Waals surface area contributed by atoms with E-state index in [0.29, 0.717) is 0 Å². The van der Waals surface area contributed by atoms with Crippen LogP contribution in [-0.2, 0) is 14.2 Å². The lowest BCUT2D eigenvalue weighted by Gasteiger charge is -2.45. The first-order chi connectivity index (χ1) is 19.4. The van der Waals surface area contributed by atoms with Crippen LogP contribution in [0.15, 0.2) is 39.5 Å². The standard InChI is InChI=1S/C26H28O15/c27-6-16-20(35)21(36)25(41-26-22(37)19(34)14(33)7-38-26)24(40-16)18-12(31)4-11(30)17-13(32)5-15(39-23(17)18)8-1-2-9(28)10(29)3-8/h1-5,14,16,19-22,24-31,33-37H,6-7H2/t14-,16-,19+,20-,21+,22-,24+,25-,26+/m0/s1. The maximum atomic E-state index is 13.1. The van der Waals surface area contributed by atoms with Crippen molar-refractivity contribution in [3.63, 3.8) is 0 Å². The van der Waals surface area contributed by atoms with Crippen molar-refractivity contribution in [2.24, 2.45) is 0 Å². The van der Waals surface area contributed by atoms with E-state index in [2.05, 4.69) is 0 Å². The third-order valence-electron chi connectivity index (χ3n) is 7.15. The SMILES string of the molecule is O=c1cc(-c2ccc(O)c(O)c2)oc2c([C@H]3O[C@@H](CO)[C@H](O)[C@@H](O)[C@@H]3O[C@H]3OC[C@H](O)[C@@H](O)[C@@H]3O)c(O)cc(O)c12.